The number of hydrogen-bond acceptors (Lipinski definition) is 3. The summed E-state index contributed by atoms with van der Waals surface area (Å²) in [6.07, 6.45) is -0.401. The van der Waals surface area contributed by atoms with E-state index in [1.165, 1.54) is 6.07 Å². The van der Waals surface area contributed by atoms with Crippen LogP contribution in [0.15, 0.2) is 48.5 Å². The van der Waals surface area contributed by atoms with Gasteiger partial charge in [-0.1, -0.05) is 30.3 Å². The molecule has 3 N–H and O–H groups in total. The van der Waals surface area contributed by atoms with E-state index in [-0.39, 0.29) is 12.4 Å². The fourth-order valence-electron chi connectivity index (χ4n) is 1.89. The predicted molar refractivity (Wildman–Crippen MR) is 76.0 cm³/mol. The highest BCUT2D eigenvalue weighted by Gasteiger charge is 2.16. The molecule has 0 radical (unpaired) electrons. The molecule has 2 aromatic rings. The van der Waals surface area contributed by atoms with E-state index in [1.54, 1.807) is 0 Å². The van der Waals surface area contributed by atoms with Gasteiger partial charge in [-0.05, 0) is 24.1 Å². The van der Waals surface area contributed by atoms with Crippen molar-refractivity contribution in [1.29, 1.82) is 0 Å². The van der Waals surface area contributed by atoms with E-state index in [1.807, 2.05) is 30.3 Å². The molecule has 0 spiro atoms. The highest BCUT2D eigenvalue weighted by atomic mass is 19.2. The summed E-state index contributed by atoms with van der Waals surface area (Å²) in [5.74, 6) is -1.78. The third-order valence-corrected chi connectivity index (χ3v) is 3.12. The number of rotatable bonds is 6. The number of halogens is 2. The Morgan fingerprint density at radius 3 is 2.43 bits per heavy atom. The first-order valence-electron chi connectivity index (χ1n) is 6.61. The lowest BCUT2D eigenvalue weighted by Crippen LogP contribution is -2.40. The van der Waals surface area contributed by atoms with Crippen molar-refractivity contribution in [2.75, 3.05) is 6.61 Å². The third-order valence-electron chi connectivity index (χ3n) is 3.12. The molecule has 0 saturated heterocycles. The van der Waals surface area contributed by atoms with Crippen molar-refractivity contribution in [3.05, 3.63) is 65.7 Å². The van der Waals surface area contributed by atoms with Gasteiger partial charge in [0, 0.05) is 12.1 Å². The standard InChI is InChI=1S/C16H17F2NO2/c17-13-7-6-12(9-14(13)18)21-10-16(20)15(19)8-11-4-2-1-3-5-11/h1-7,9,15-16,20H,8,10,19H2. The number of nitrogens with two attached hydrogens (primary N) is 1. The molecule has 0 aliphatic heterocycles. The van der Waals surface area contributed by atoms with E-state index in [9.17, 15) is 13.9 Å². The topological polar surface area (TPSA) is 55.5 Å². The summed E-state index contributed by atoms with van der Waals surface area (Å²) in [5.41, 5.74) is 6.91. The Morgan fingerprint density at radius 1 is 1.05 bits per heavy atom. The zero-order valence-electron chi connectivity index (χ0n) is 11.4. The van der Waals surface area contributed by atoms with Gasteiger partial charge in [0.05, 0.1) is 0 Å². The second-order valence-electron chi connectivity index (χ2n) is 4.81. The Balaban J connectivity index is 1.86. The SMILES string of the molecule is NC(Cc1ccccc1)C(O)COc1ccc(F)c(F)c1. The van der Waals surface area contributed by atoms with Crippen molar-refractivity contribution in [2.24, 2.45) is 5.73 Å². The van der Waals surface area contributed by atoms with E-state index < -0.39 is 23.8 Å². The van der Waals surface area contributed by atoms with E-state index >= 15 is 0 Å². The number of aliphatic hydroxyl groups excluding tert-OH is 1. The molecule has 0 fully saturated rings. The minimum atomic E-state index is -0.990. The number of aliphatic hydroxyl groups is 1. The van der Waals surface area contributed by atoms with E-state index in [2.05, 4.69) is 0 Å². The summed E-state index contributed by atoms with van der Waals surface area (Å²) >= 11 is 0. The summed E-state index contributed by atoms with van der Waals surface area (Å²) in [4.78, 5) is 0. The van der Waals surface area contributed by atoms with Crippen LogP contribution in [-0.4, -0.2) is 23.9 Å². The van der Waals surface area contributed by atoms with Gasteiger partial charge in [0.2, 0.25) is 0 Å². The van der Waals surface area contributed by atoms with Gasteiger partial charge in [-0.15, -0.1) is 0 Å². The van der Waals surface area contributed by atoms with Crippen LogP contribution >= 0.6 is 0 Å². The van der Waals surface area contributed by atoms with Crippen LogP contribution in [0, 0.1) is 11.6 Å². The summed E-state index contributed by atoms with van der Waals surface area (Å²) in [6.45, 7) is -0.0843. The average Bonchev–Trinajstić information content (AvgIpc) is 2.49. The largest absolute Gasteiger partial charge is 0.491 e. The van der Waals surface area contributed by atoms with Gasteiger partial charge in [0.1, 0.15) is 18.5 Å². The lowest BCUT2D eigenvalue weighted by molar-refractivity contribution is 0.0849. The van der Waals surface area contributed by atoms with Crippen LogP contribution in [0.3, 0.4) is 0 Å². The molecule has 5 heteroatoms. The minimum absolute atomic E-state index is 0.0843. The summed E-state index contributed by atoms with van der Waals surface area (Å²) in [5, 5.41) is 9.95. The number of benzene rings is 2. The van der Waals surface area contributed by atoms with Gasteiger partial charge in [-0.25, -0.2) is 8.78 Å². The molecule has 0 aliphatic rings. The van der Waals surface area contributed by atoms with E-state index in [0.29, 0.717) is 6.42 Å². The maximum absolute atomic E-state index is 13.0. The first-order chi connectivity index (χ1) is 10.1. The first-order valence-corrected chi connectivity index (χ1v) is 6.61. The molecule has 112 valence electrons. The molecule has 0 bridgehead atoms. The van der Waals surface area contributed by atoms with Gasteiger partial charge < -0.3 is 15.6 Å². The first kappa shape index (κ1) is 15.4. The molecule has 2 unspecified atom stereocenters. The summed E-state index contributed by atoms with van der Waals surface area (Å²) in [6, 6.07) is 12.2. The Hall–Kier alpha value is -1.98. The molecule has 0 aliphatic carbocycles. The summed E-state index contributed by atoms with van der Waals surface area (Å²) < 4.78 is 31.0. The molecule has 0 amide bonds. The van der Waals surface area contributed by atoms with E-state index in [0.717, 1.165) is 17.7 Å². The Morgan fingerprint density at radius 2 is 1.76 bits per heavy atom. The van der Waals surface area contributed by atoms with Gasteiger partial charge >= 0.3 is 0 Å². The van der Waals surface area contributed by atoms with Crippen LogP contribution in [-0.2, 0) is 6.42 Å². The Bertz CT molecular complexity index is 578. The maximum atomic E-state index is 13.0. The highest BCUT2D eigenvalue weighted by Crippen LogP contribution is 2.16. The van der Waals surface area contributed by atoms with Gasteiger partial charge in [-0.2, -0.15) is 0 Å². The lowest BCUT2D eigenvalue weighted by atomic mass is 10.0. The molecular formula is C16H17F2NO2. The quantitative estimate of drug-likeness (QED) is 0.859. The molecule has 2 aromatic carbocycles. The number of hydrogen-bond donors (Lipinski definition) is 2. The van der Waals surface area contributed by atoms with Crippen molar-refractivity contribution in [3.63, 3.8) is 0 Å². The van der Waals surface area contributed by atoms with Crippen LogP contribution in [0.25, 0.3) is 0 Å². The minimum Gasteiger partial charge on any atom is -0.491 e. The van der Waals surface area contributed by atoms with Crippen molar-refractivity contribution >= 4 is 0 Å². The van der Waals surface area contributed by atoms with Crippen molar-refractivity contribution in [3.8, 4) is 5.75 Å². The van der Waals surface area contributed by atoms with Crippen LogP contribution in [0.4, 0.5) is 8.78 Å². The molecule has 0 saturated carbocycles. The summed E-state index contributed by atoms with van der Waals surface area (Å²) in [7, 11) is 0. The van der Waals surface area contributed by atoms with Crippen LogP contribution in [0.5, 0.6) is 5.75 Å². The van der Waals surface area contributed by atoms with Crippen molar-refractivity contribution in [2.45, 2.75) is 18.6 Å². The van der Waals surface area contributed by atoms with Crippen molar-refractivity contribution < 1.29 is 18.6 Å². The maximum Gasteiger partial charge on any atom is 0.162 e. The fourth-order valence-corrected chi connectivity index (χ4v) is 1.89. The monoisotopic (exact) mass is 293 g/mol. The molecule has 21 heavy (non-hydrogen) atoms. The van der Waals surface area contributed by atoms with Gasteiger partial charge in [0.15, 0.2) is 11.6 Å². The smallest absolute Gasteiger partial charge is 0.162 e. The predicted octanol–water partition coefficient (Wildman–Crippen LogP) is 2.27. The van der Waals surface area contributed by atoms with Gasteiger partial charge in [-0.3, -0.25) is 0 Å². The second kappa shape index (κ2) is 7.15. The molecule has 0 heterocycles. The Labute approximate surface area is 122 Å². The Kier molecular flexibility index (Phi) is 5.25. The van der Waals surface area contributed by atoms with Crippen LogP contribution in [0.2, 0.25) is 0 Å². The average molecular weight is 293 g/mol. The molecule has 3 nitrogen and oxygen atoms in total. The fraction of sp³-hybridized carbons (Fsp3) is 0.250. The molecule has 2 atom stereocenters. The van der Waals surface area contributed by atoms with E-state index in [4.69, 9.17) is 10.5 Å². The second-order valence-corrected chi connectivity index (χ2v) is 4.81. The number of ether oxygens (including phenoxy) is 1. The zero-order valence-corrected chi connectivity index (χ0v) is 11.4. The van der Waals surface area contributed by atoms with Crippen LogP contribution in [0.1, 0.15) is 5.56 Å². The third kappa shape index (κ3) is 4.51. The normalized spacial score (nSPS) is 13.7. The van der Waals surface area contributed by atoms with Gasteiger partial charge in [0.25, 0.3) is 0 Å². The zero-order chi connectivity index (χ0) is 15.2. The lowest BCUT2D eigenvalue weighted by Gasteiger charge is -2.19. The molecular weight excluding hydrogens is 276 g/mol. The highest BCUT2D eigenvalue weighted by molar-refractivity contribution is 5.23. The molecule has 2 rings (SSSR count). The van der Waals surface area contributed by atoms with Crippen molar-refractivity contribution in [1.82, 2.24) is 0 Å². The van der Waals surface area contributed by atoms with Crippen LogP contribution < -0.4 is 10.5 Å². The molecule has 0 aromatic heterocycles.